The van der Waals surface area contributed by atoms with Gasteiger partial charge in [-0.25, -0.2) is 8.42 Å². The van der Waals surface area contributed by atoms with E-state index in [0.29, 0.717) is 13.1 Å². The second-order valence-electron chi connectivity index (χ2n) is 3.96. The summed E-state index contributed by atoms with van der Waals surface area (Å²) in [5, 5.41) is 9.92. The molecule has 0 atom stereocenters. The minimum Gasteiger partial charge on any atom is -0.301 e. The summed E-state index contributed by atoms with van der Waals surface area (Å²) in [6.45, 7) is 6.06. The van der Waals surface area contributed by atoms with E-state index in [-0.39, 0.29) is 15.4 Å². The molecule has 1 amide bonds. The van der Waals surface area contributed by atoms with Crippen LogP contribution in [0.1, 0.15) is 33.6 Å². The van der Waals surface area contributed by atoms with Gasteiger partial charge in [0.25, 0.3) is 10.0 Å². The predicted molar refractivity (Wildman–Crippen MR) is 73.6 cm³/mol. The number of amides is 1. The fourth-order valence-electron chi connectivity index (χ4n) is 1.48. The van der Waals surface area contributed by atoms with Crippen molar-refractivity contribution in [2.75, 3.05) is 18.4 Å². The van der Waals surface area contributed by atoms with E-state index >= 15 is 0 Å². The van der Waals surface area contributed by atoms with Gasteiger partial charge in [0.15, 0.2) is 0 Å². The molecule has 108 valence electrons. The molecular weight excluding hydrogens is 288 g/mol. The SMILES string of the molecule is CCCN(CCC)S(=O)(=O)c1nnc(NC(C)=O)s1. The first-order valence-electron chi connectivity index (χ1n) is 6.03. The van der Waals surface area contributed by atoms with Gasteiger partial charge in [-0.2, -0.15) is 4.31 Å². The summed E-state index contributed by atoms with van der Waals surface area (Å²) >= 11 is 0.864. The molecule has 0 spiro atoms. The van der Waals surface area contributed by atoms with Crippen molar-refractivity contribution in [2.24, 2.45) is 0 Å². The van der Waals surface area contributed by atoms with E-state index in [4.69, 9.17) is 0 Å². The maximum absolute atomic E-state index is 12.3. The van der Waals surface area contributed by atoms with E-state index in [1.807, 2.05) is 13.8 Å². The molecule has 9 heteroatoms. The highest BCUT2D eigenvalue weighted by Gasteiger charge is 2.27. The van der Waals surface area contributed by atoms with Gasteiger partial charge in [-0.1, -0.05) is 25.2 Å². The van der Waals surface area contributed by atoms with Crippen molar-refractivity contribution in [1.29, 1.82) is 0 Å². The first kappa shape index (κ1) is 16.0. The molecule has 7 nitrogen and oxygen atoms in total. The molecule has 0 bridgehead atoms. The molecule has 0 radical (unpaired) electrons. The van der Waals surface area contributed by atoms with Crippen LogP contribution in [-0.4, -0.2) is 41.9 Å². The van der Waals surface area contributed by atoms with E-state index in [1.54, 1.807) is 0 Å². The second kappa shape index (κ2) is 6.92. The molecule has 0 aliphatic rings. The van der Waals surface area contributed by atoms with Crippen molar-refractivity contribution in [1.82, 2.24) is 14.5 Å². The summed E-state index contributed by atoms with van der Waals surface area (Å²) in [4.78, 5) is 10.9. The van der Waals surface area contributed by atoms with Gasteiger partial charge in [-0.3, -0.25) is 4.79 Å². The fourth-order valence-corrected chi connectivity index (χ4v) is 4.18. The summed E-state index contributed by atoms with van der Waals surface area (Å²) in [7, 11) is -3.61. The Morgan fingerprint density at radius 3 is 2.32 bits per heavy atom. The highest BCUT2D eigenvalue weighted by atomic mass is 32.2. The molecule has 0 unspecified atom stereocenters. The zero-order valence-electron chi connectivity index (χ0n) is 11.2. The molecule has 1 aromatic heterocycles. The van der Waals surface area contributed by atoms with Crippen LogP contribution in [0.2, 0.25) is 0 Å². The molecule has 0 fully saturated rings. The predicted octanol–water partition coefficient (Wildman–Crippen LogP) is 1.31. The minimum atomic E-state index is -3.61. The summed E-state index contributed by atoms with van der Waals surface area (Å²) < 4.78 is 26.0. The zero-order chi connectivity index (χ0) is 14.5. The number of anilines is 1. The lowest BCUT2D eigenvalue weighted by atomic mass is 10.4. The number of sulfonamides is 1. The first-order chi connectivity index (χ1) is 8.91. The van der Waals surface area contributed by atoms with Crippen LogP contribution in [0.3, 0.4) is 0 Å². The molecule has 1 aromatic rings. The minimum absolute atomic E-state index is 0.0850. The van der Waals surface area contributed by atoms with Crippen molar-refractivity contribution in [3.63, 3.8) is 0 Å². The average Bonchev–Trinajstić information content (AvgIpc) is 2.77. The smallest absolute Gasteiger partial charge is 0.272 e. The van der Waals surface area contributed by atoms with E-state index in [0.717, 1.165) is 24.2 Å². The molecule has 1 N–H and O–H groups in total. The lowest BCUT2D eigenvalue weighted by Crippen LogP contribution is -2.32. The van der Waals surface area contributed by atoms with Crippen molar-refractivity contribution < 1.29 is 13.2 Å². The Morgan fingerprint density at radius 1 is 1.26 bits per heavy atom. The van der Waals surface area contributed by atoms with Gasteiger partial charge in [-0.05, 0) is 12.8 Å². The van der Waals surface area contributed by atoms with Crippen LogP contribution in [0, 0.1) is 0 Å². The van der Waals surface area contributed by atoms with Gasteiger partial charge >= 0.3 is 0 Å². The van der Waals surface area contributed by atoms with Crippen LogP contribution < -0.4 is 5.32 Å². The largest absolute Gasteiger partial charge is 0.301 e. The highest BCUT2D eigenvalue weighted by Crippen LogP contribution is 2.23. The van der Waals surface area contributed by atoms with Crippen LogP contribution in [-0.2, 0) is 14.8 Å². The Labute approximate surface area is 117 Å². The molecule has 0 saturated heterocycles. The third-order valence-corrected chi connectivity index (χ3v) is 5.28. The first-order valence-corrected chi connectivity index (χ1v) is 8.28. The maximum Gasteiger partial charge on any atom is 0.272 e. The number of aromatic nitrogens is 2. The summed E-state index contributed by atoms with van der Waals surface area (Å²) in [6, 6.07) is 0. The van der Waals surface area contributed by atoms with Gasteiger partial charge < -0.3 is 5.32 Å². The van der Waals surface area contributed by atoms with Gasteiger partial charge in [0.05, 0.1) is 0 Å². The van der Waals surface area contributed by atoms with Crippen LogP contribution in [0.4, 0.5) is 5.13 Å². The summed E-state index contributed by atoms with van der Waals surface area (Å²) in [5.74, 6) is -0.306. The second-order valence-corrected chi connectivity index (χ2v) is 7.05. The van der Waals surface area contributed by atoms with Crippen LogP contribution >= 0.6 is 11.3 Å². The number of rotatable bonds is 7. The van der Waals surface area contributed by atoms with Gasteiger partial charge in [0.1, 0.15) is 0 Å². The summed E-state index contributed by atoms with van der Waals surface area (Å²) in [5.41, 5.74) is 0. The summed E-state index contributed by atoms with van der Waals surface area (Å²) in [6.07, 6.45) is 1.47. The van der Waals surface area contributed by atoms with E-state index < -0.39 is 10.0 Å². The Morgan fingerprint density at radius 2 is 1.84 bits per heavy atom. The third kappa shape index (κ3) is 4.22. The molecule has 0 aliphatic heterocycles. The number of hydrogen-bond acceptors (Lipinski definition) is 6. The molecule has 0 aliphatic carbocycles. The standard InChI is InChI=1S/C10H18N4O3S2/c1-4-6-14(7-5-2)19(16,17)10-13-12-9(18-10)11-8(3)15/h4-7H2,1-3H3,(H,11,12,15). The Kier molecular flexibility index (Phi) is 5.83. The lowest BCUT2D eigenvalue weighted by molar-refractivity contribution is -0.114. The number of hydrogen-bond donors (Lipinski definition) is 1. The van der Waals surface area contributed by atoms with E-state index in [1.165, 1.54) is 11.2 Å². The molecule has 19 heavy (non-hydrogen) atoms. The molecule has 0 aromatic carbocycles. The molecule has 1 rings (SSSR count). The third-order valence-electron chi connectivity index (χ3n) is 2.20. The Bertz CT molecular complexity index is 521. The van der Waals surface area contributed by atoms with Crippen molar-refractivity contribution in [3.05, 3.63) is 0 Å². The average molecular weight is 306 g/mol. The fraction of sp³-hybridized carbons (Fsp3) is 0.700. The number of carbonyl (C=O) groups excluding carboxylic acids is 1. The monoisotopic (exact) mass is 306 g/mol. The molecule has 0 saturated carbocycles. The molecule has 1 heterocycles. The number of nitrogens with zero attached hydrogens (tertiary/aromatic N) is 3. The van der Waals surface area contributed by atoms with Gasteiger partial charge in [0.2, 0.25) is 15.4 Å². The van der Waals surface area contributed by atoms with Crippen molar-refractivity contribution >= 4 is 32.4 Å². The van der Waals surface area contributed by atoms with Crippen LogP contribution in [0.25, 0.3) is 0 Å². The number of carbonyl (C=O) groups is 1. The number of nitrogens with one attached hydrogen (secondary N) is 1. The maximum atomic E-state index is 12.3. The quantitative estimate of drug-likeness (QED) is 0.767. The topological polar surface area (TPSA) is 92.3 Å². The van der Waals surface area contributed by atoms with E-state index in [2.05, 4.69) is 15.5 Å². The van der Waals surface area contributed by atoms with E-state index in [9.17, 15) is 13.2 Å². The van der Waals surface area contributed by atoms with Gasteiger partial charge in [0, 0.05) is 20.0 Å². The lowest BCUT2D eigenvalue weighted by Gasteiger charge is -2.18. The van der Waals surface area contributed by atoms with Crippen LogP contribution in [0.5, 0.6) is 0 Å². The normalized spacial score (nSPS) is 11.8. The van der Waals surface area contributed by atoms with Crippen molar-refractivity contribution in [3.8, 4) is 0 Å². The molecular formula is C10H18N4O3S2. The van der Waals surface area contributed by atoms with Crippen molar-refractivity contribution in [2.45, 2.75) is 38.0 Å². The highest BCUT2D eigenvalue weighted by molar-refractivity contribution is 7.91. The van der Waals surface area contributed by atoms with Crippen LogP contribution in [0.15, 0.2) is 4.34 Å². The zero-order valence-corrected chi connectivity index (χ0v) is 12.8. The Hall–Kier alpha value is -1.06. The van der Waals surface area contributed by atoms with Gasteiger partial charge in [-0.15, -0.1) is 10.2 Å². The Balaban J connectivity index is 2.97.